The summed E-state index contributed by atoms with van der Waals surface area (Å²) in [6.07, 6.45) is -10.2. The van der Waals surface area contributed by atoms with E-state index in [-0.39, 0.29) is 22.4 Å². The molecule has 9 heteroatoms. The fourth-order valence-corrected chi connectivity index (χ4v) is 2.25. The van der Waals surface area contributed by atoms with Gasteiger partial charge in [0.2, 0.25) is 0 Å². The molecule has 1 aromatic carbocycles. The molecule has 0 radical (unpaired) electrons. The highest BCUT2D eigenvalue weighted by Crippen LogP contribution is 2.53. The first-order valence-corrected chi connectivity index (χ1v) is 6.18. The molecule has 0 atom stereocenters. The van der Waals surface area contributed by atoms with Gasteiger partial charge in [-0.1, -0.05) is 12.1 Å². The highest BCUT2D eigenvalue weighted by atomic mass is 19.4. The van der Waals surface area contributed by atoms with Crippen LogP contribution in [-0.4, -0.2) is 18.1 Å². The molecule has 0 amide bonds. The Kier molecular flexibility index (Phi) is 4.84. The molecule has 0 bridgehead atoms. The van der Waals surface area contributed by atoms with E-state index in [0.717, 1.165) is 12.3 Å². The van der Waals surface area contributed by atoms with Crippen LogP contribution in [0.1, 0.15) is 22.3 Å². The average Bonchev–Trinajstić information content (AvgIpc) is 2.34. The highest BCUT2D eigenvalue weighted by Gasteiger charge is 2.73. The second-order valence-corrected chi connectivity index (χ2v) is 4.91. The summed E-state index contributed by atoms with van der Waals surface area (Å²) in [5, 5.41) is 7.68. The fraction of sp³-hybridized carbons (Fsp3) is 0.357. The largest absolute Gasteiger partial charge is 0.435 e. The van der Waals surface area contributed by atoms with Gasteiger partial charge in [-0.3, -0.25) is 0 Å². The molecule has 2 nitrogen and oxygen atoms in total. The van der Waals surface area contributed by atoms with Gasteiger partial charge in [-0.15, -0.1) is 0 Å². The zero-order valence-corrected chi connectivity index (χ0v) is 12.0. The predicted molar refractivity (Wildman–Crippen MR) is 71.0 cm³/mol. The van der Waals surface area contributed by atoms with Crippen LogP contribution in [0.2, 0.25) is 0 Å². The number of rotatable bonds is 3. The Morgan fingerprint density at radius 1 is 0.957 bits per heavy atom. The second-order valence-electron chi connectivity index (χ2n) is 4.91. The summed E-state index contributed by atoms with van der Waals surface area (Å²) in [6, 6.07) is 0.893. The van der Waals surface area contributed by atoms with E-state index in [9.17, 15) is 30.7 Å². The minimum Gasteiger partial charge on any atom is -0.405 e. The van der Waals surface area contributed by atoms with Crippen molar-refractivity contribution in [2.24, 2.45) is 5.73 Å². The first kappa shape index (κ1) is 19.0. The third-order valence-corrected chi connectivity index (χ3v) is 3.24. The van der Waals surface area contributed by atoms with E-state index >= 15 is 0 Å². The molecule has 0 aliphatic heterocycles. The molecule has 0 heterocycles. The van der Waals surface area contributed by atoms with Crippen LogP contribution in [0.25, 0.3) is 0 Å². The van der Waals surface area contributed by atoms with Crippen LogP contribution in [0.4, 0.5) is 30.7 Å². The van der Waals surface area contributed by atoms with E-state index in [1.807, 2.05) is 0 Å². The molecule has 0 fully saturated rings. The van der Waals surface area contributed by atoms with Gasteiger partial charge in [-0.25, -0.2) is 4.39 Å². The minimum absolute atomic E-state index is 0.0853. The summed E-state index contributed by atoms with van der Waals surface area (Å²) in [5.74, 6) is 0. The first-order valence-electron chi connectivity index (χ1n) is 6.18. The molecule has 0 unspecified atom stereocenters. The Hall–Kier alpha value is -2.06. The van der Waals surface area contributed by atoms with Crippen molar-refractivity contribution in [3.63, 3.8) is 0 Å². The van der Waals surface area contributed by atoms with Crippen molar-refractivity contribution in [2.75, 3.05) is 0 Å². The van der Waals surface area contributed by atoms with Crippen LogP contribution < -0.4 is 5.73 Å². The molecule has 0 saturated heterocycles. The van der Waals surface area contributed by atoms with Crippen LogP contribution in [0.5, 0.6) is 0 Å². The van der Waals surface area contributed by atoms with Crippen molar-refractivity contribution in [2.45, 2.75) is 31.9 Å². The minimum atomic E-state index is -6.17. The second kappa shape index (κ2) is 5.86. The number of alkyl halides is 7. The van der Waals surface area contributed by atoms with Gasteiger partial charge < -0.3 is 11.1 Å². The zero-order chi connectivity index (χ0) is 18.2. The quantitative estimate of drug-likeness (QED) is 0.619. The molecule has 0 aliphatic carbocycles. The Morgan fingerprint density at radius 2 is 1.35 bits per heavy atom. The Bertz CT molecular complexity index is 605. The smallest absolute Gasteiger partial charge is 0.405 e. The lowest BCUT2D eigenvalue weighted by atomic mass is 9.87. The van der Waals surface area contributed by atoms with Crippen LogP contribution in [0.3, 0.4) is 0 Å². The molecule has 0 spiro atoms. The molecule has 0 aromatic heterocycles. The topological polar surface area (TPSA) is 49.9 Å². The summed E-state index contributed by atoms with van der Waals surface area (Å²) in [5.41, 5.74) is -2.28. The van der Waals surface area contributed by atoms with E-state index in [0.29, 0.717) is 12.1 Å². The number of benzene rings is 1. The van der Waals surface area contributed by atoms with Crippen molar-refractivity contribution in [1.29, 1.82) is 5.41 Å². The molecule has 1 aromatic rings. The molecular formula is C14H13F7N2. The van der Waals surface area contributed by atoms with Crippen molar-refractivity contribution in [3.8, 4) is 0 Å². The number of nitrogens with two attached hydrogens (primary N) is 1. The molecule has 3 N–H and O–H groups in total. The lowest BCUT2D eigenvalue weighted by Gasteiger charge is -2.31. The summed E-state index contributed by atoms with van der Waals surface area (Å²) in [4.78, 5) is 0. The van der Waals surface area contributed by atoms with Crippen LogP contribution in [-0.2, 0) is 5.67 Å². The molecule has 0 saturated carbocycles. The summed E-state index contributed by atoms with van der Waals surface area (Å²) < 4.78 is 90.6. The normalized spacial score (nSPS) is 13.6. The van der Waals surface area contributed by atoms with E-state index < -0.39 is 23.6 Å². The predicted octanol–water partition coefficient (Wildman–Crippen LogP) is 4.43. The van der Waals surface area contributed by atoms with Gasteiger partial charge in [0.25, 0.3) is 0 Å². The molecule has 128 valence electrons. The lowest BCUT2D eigenvalue weighted by Crippen LogP contribution is -2.50. The van der Waals surface area contributed by atoms with Crippen molar-refractivity contribution in [3.05, 3.63) is 46.7 Å². The maximum atomic E-state index is 14.0. The van der Waals surface area contributed by atoms with Crippen LogP contribution in [0, 0.1) is 19.3 Å². The van der Waals surface area contributed by atoms with Gasteiger partial charge in [0.15, 0.2) is 0 Å². The van der Waals surface area contributed by atoms with E-state index in [4.69, 9.17) is 11.1 Å². The number of halogens is 7. The van der Waals surface area contributed by atoms with Gasteiger partial charge in [0.05, 0.1) is 5.71 Å². The third kappa shape index (κ3) is 3.18. The number of allylic oxidation sites excluding steroid dienone is 1. The first-order chi connectivity index (χ1) is 10.3. The van der Waals surface area contributed by atoms with E-state index in [2.05, 4.69) is 0 Å². The summed E-state index contributed by atoms with van der Waals surface area (Å²) >= 11 is 0. The summed E-state index contributed by atoms with van der Waals surface area (Å²) in [7, 11) is 0. The van der Waals surface area contributed by atoms with Crippen molar-refractivity contribution < 1.29 is 30.7 Å². The van der Waals surface area contributed by atoms with Gasteiger partial charge in [-0.2, -0.15) is 26.3 Å². The fourth-order valence-electron chi connectivity index (χ4n) is 2.25. The SMILES string of the molecule is Cc1cc(C(F)(C(F)(F)F)C(F)(F)F)cc(C)c1C(=N)/C=C\N. The summed E-state index contributed by atoms with van der Waals surface area (Å²) in [6.45, 7) is 2.38. The number of hydrogen-bond acceptors (Lipinski definition) is 2. The highest BCUT2D eigenvalue weighted by molar-refractivity contribution is 6.08. The van der Waals surface area contributed by atoms with Crippen molar-refractivity contribution in [1.82, 2.24) is 0 Å². The zero-order valence-electron chi connectivity index (χ0n) is 12.0. The molecular weight excluding hydrogens is 329 g/mol. The van der Waals surface area contributed by atoms with Gasteiger partial charge in [-0.05, 0) is 37.3 Å². The van der Waals surface area contributed by atoms with Crippen LogP contribution in [0.15, 0.2) is 24.4 Å². The number of aryl methyl sites for hydroxylation is 2. The van der Waals surface area contributed by atoms with Gasteiger partial charge in [0.1, 0.15) is 0 Å². The molecule has 1 rings (SSSR count). The van der Waals surface area contributed by atoms with Crippen LogP contribution >= 0.6 is 0 Å². The van der Waals surface area contributed by atoms with Gasteiger partial charge >= 0.3 is 18.0 Å². The monoisotopic (exact) mass is 342 g/mol. The Morgan fingerprint density at radius 3 is 1.65 bits per heavy atom. The Labute approximate surface area is 127 Å². The standard InChI is InChI=1S/C14H13F7N2/c1-7-5-9(6-8(2)11(7)10(23)3-4-22)12(15,13(16,17)18)14(19,20)21/h3-6,23H,22H2,1-2H3/b4-3-,23-10?. The van der Waals surface area contributed by atoms with E-state index in [1.54, 1.807) is 0 Å². The Balaban J connectivity index is 3.65. The lowest BCUT2D eigenvalue weighted by molar-refractivity contribution is -0.348. The maximum absolute atomic E-state index is 14.0. The van der Waals surface area contributed by atoms with Gasteiger partial charge in [0, 0.05) is 11.1 Å². The third-order valence-electron chi connectivity index (χ3n) is 3.24. The maximum Gasteiger partial charge on any atom is 0.435 e. The average molecular weight is 342 g/mol. The number of hydrogen-bond donors (Lipinski definition) is 2. The number of nitrogens with one attached hydrogen (secondary N) is 1. The van der Waals surface area contributed by atoms with E-state index in [1.165, 1.54) is 13.8 Å². The molecule has 0 aliphatic rings. The van der Waals surface area contributed by atoms with Crippen molar-refractivity contribution >= 4 is 5.71 Å². The molecule has 23 heavy (non-hydrogen) atoms.